The van der Waals surface area contributed by atoms with Crippen LogP contribution >= 0.6 is 0 Å². The van der Waals surface area contributed by atoms with Crippen molar-refractivity contribution in [2.75, 3.05) is 0 Å². The molecule has 0 heterocycles. The van der Waals surface area contributed by atoms with Crippen LogP contribution in [0.5, 0.6) is 0 Å². The molecule has 0 atom stereocenters. The molecular formula is C12H23NO. The molecule has 2 N–H and O–H groups in total. The maximum absolute atomic E-state index is 11.0. The Morgan fingerprint density at radius 3 is 2.21 bits per heavy atom. The van der Waals surface area contributed by atoms with Crippen LogP contribution in [-0.2, 0) is 4.79 Å². The van der Waals surface area contributed by atoms with Crippen LogP contribution < -0.4 is 5.73 Å². The van der Waals surface area contributed by atoms with E-state index in [9.17, 15) is 4.79 Å². The first-order valence-corrected chi connectivity index (χ1v) is 5.61. The van der Waals surface area contributed by atoms with Crippen molar-refractivity contribution in [1.29, 1.82) is 0 Å². The summed E-state index contributed by atoms with van der Waals surface area (Å²) in [5.41, 5.74) is 7.24. The lowest BCUT2D eigenvalue weighted by Gasteiger charge is -2.07. The van der Waals surface area contributed by atoms with Gasteiger partial charge in [-0.25, -0.2) is 0 Å². The average Bonchev–Trinajstić information content (AvgIpc) is 2.17. The maximum Gasteiger partial charge on any atom is 0.244 e. The van der Waals surface area contributed by atoms with Crippen LogP contribution in [0, 0.1) is 0 Å². The number of hydrogen-bond donors (Lipinski definition) is 1. The van der Waals surface area contributed by atoms with Gasteiger partial charge in [-0.2, -0.15) is 0 Å². The molecule has 0 radical (unpaired) electrons. The predicted molar refractivity (Wildman–Crippen MR) is 60.9 cm³/mol. The summed E-state index contributed by atoms with van der Waals surface area (Å²) in [6.07, 6.45) is 6.95. The monoisotopic (exact) mass is 197 g/mol. The smallest absolute Gasteiger partial charge is 0.244 e. The quantitative estimate of drug-likeness (QED) is 0.494. The van der Waals surface area contributed by atoms with Crippen LogP contribution in [-0.4, -0.2) is 5.91 Å². The van der Waals surface area contributed by atoms with Crippen molar-refractivity contribution in [3.8, 4) is 0 Å². The SMILES string of the molecule is CCCCCC/C(CC)=C(/C)C(N)=O. The summed E-state index contributed by atoms with van der Waals surface area (Å²) in [6.45, 7) is 6.12. The van der Waals surface area contributed by atoms with Crippen molar-refractivity contribution in [3.05, 3.63) is 11.1 Å². The predicted octanol–water partition coefficient (Wildman–Crippen LogP) is 3.17. The molecule has 2 heteroatoms. The van der Waals surface area contributed by atoms with E-state index < -0.39 is 0 Å². The van der Waals surface area contributed by atoms with Crippen molar-refractivity contribution in [1.82, 2.24) is 0 Å². The lowest BCUT2D eigenvalue weighted by Crippen LogP contribution is -2.13. The molecule has 0 aromatic heterocycles. The summed E-state index contributed by atoms with van der Waals surface area (Å²) in [4.78, 5) is 11.0. The van der Waals surface area contributed by atoms with Crippen LogP contribution in [0.1, 0.15) is 59.3 Å². The number of nitrogens with two attached hydrogens (primary N) is 1. The van der Waals surface area contributed by atoms with Crippen molar-refractivity contribution < 1.29 is 4.79 Å². The van der Waals surface area contributed by atoms with E-state index in [0.717, 1.165) is 18.4 Å². The van der Waals surface area contributed by atoms with Crippen LogP contribution in [0.25, 0.3) is 0 Å². The molecule has 2 nitrogen and oxygen atoms in total. The van der Waals surface area contributed by atoms with Crippen LogP contribution in [0.3, 0.4) is 0 Å². The molecule has 0 spiro atoms. The van der Waals surface area contributed by atoms with E-state index in [4.69, 9.17) is 5.73 Å². The number of carbonyl (C=O) groups is 1. The van der Waals surface area contributed by atoms with Gasteiger partial charge >= 0.3 is 0 Å². The first kappa shape index (κ1) is 13.2. The first-order valence-electron chi connectivity index (χ1n) is 5.61. The van der Waals surface area contributed by atoms with Gasteiger partial charge in [0.05, 0.1) is 0 Å². The number of unbranched alkanes of at least 4 members (excludes halogenated alkanes) is 3. The van der Waals surface area contributed by atoms with Crippen molar-refractivity contribution in [2.24, 2.45) is 5.73 Å². The fourth-order valence-corrected chi connectivity index (χ4v) is 1.57. The third-order valence-electron chi connectivity index (χ3n) is 2.66. The Morgan fingerprint density at radius 1 is 1.14 bits per heavy atom. The van der Waals surface area contributed by atoms with Gasteiger partial charge in [-0.1, -0.05) is 38.7 Å². The minimum atomic E-state index is -0.266. The van der Waals surface area contributed by atoms with E-state index in [2.05, 4.69) is 13.8 Å². The highest BCUT2D eigenvalue weighted by molar-refractivity contribution is 5.92. The fourth-order valence-electron chi connectivity index (χ4n) is 1.57. The number of amides is 1. The van der Waals surface area contributed by atoms with Gasteiger partial charge in [-0.3, -0.25) is 4.79 Å². The molecule has 14 heavy (non-hydrogen) atoms. The zero-order valence-corrected chi connectivity index (χ0v) is 9.73. The minimum absolute atomic E-state index is 0.266. The highest BCUT2D eigenvalue weighted by atomic mass is 16.1. The molecule has 0 aromatic carbocycles. The lowest BCUT2D eigenvalue weighted by molar-refractivity contribution is -0.114. The van der Waals surface area contributed by atoms with E-state index in [1.807, 2.05) is 6.92 Å². The third-order valence-corrected chi connectivity index (χ3v) is 2.66. The molecule has 0 aliphatic rings. The molecule has 0 fully saturated rings. The van der Waals surface area contributed by atoms with Gasteiger partial charge in [0, 0.05) is 5.57 Å². The van der Waals surface area contributed by atoms with Crippen LogP contribution in [0.4, 0.5) is 0 Å². The second-order valence-corrected chi connectivity index (χ2v) is 3.76. The highest BCUT2D eigenvalue weighted by Gasteiger charge is 2.05. The zero-order valence-electron chi connectivity index (χ0n) is 9.73. The van der Waals surface area contributed by atoms with Gasteiger partial charge in [0.15, 0.2) is 0 Å². The zero-order chi connectivity index (χ0) is 11.0. The molecule has 0 unspecified atom stereocenters. The van der Waals surface area contributed by atoms with E-state index >= 15 is 0 Å². The summed E-state index contributed by atoms with van der Waals surface area (Å²) < 4.78 is 0. The molecule has 0 saturated heterocycles. The normalized spacial score (nSPS) is 12.5. The van der Waals surface area contributed by atoms with Crippen LogP contribution in [0.2, 0.25) is 0 Å². The number of carbonyl (C=O) groups excluding carboxylic acids is 1. The number of allylic oxidation sites excluding steroid dienone is 1. The summed E-state index contributed by atoms with van der Waals surface area (Å²) >= 11 is 0. The van der Waals surface area contributed by atoms with E-state index in [-0.39, 0.29) is 5.91 Å². The van der Waals surface area contributed by atoms with E-state index in [1.165, 1.54) is 31.3 Å². The van der Waals surface area contributed by atoms with Gasteiger partial charge in [0.2, 0.25) is 5.91 Å². The lowest BCUT2D eigenvalue weighted by atomic mass is 9.99. The highest BCUT2D eigenvalue weighted by Crippen LogP contribution is 2.16. The maximum atomic E-state index is 11.0. The van der Waals surface area contributed by atoms with Gasteiger partial charge in [0.1, 0.15) is 0 Å². The Labute approximate surface area is 87.6 Å². The van der Waals surface area contributed by atoms with Gasteiger partial charge in [-0.05, 0) is 26.2 Å². The van der Waals surface area contributed by atoms with E-state index in [1.54, 1.807) is 0 Å². The average molecular weight is 197 g/mol. The summed E-state index contributed by atoms with van der Waals surface area (Å²) in [7, 11) is 0. The molecule has 82 valence electrons. The molecule has 0 aliphatic heterocycles. The Balaban J connectivity index is 4.02. The molecule has 0 aromatic rings. The Bertz CT molecular complexity index is 206. The molecular weight excluding hydrogens is 174 g/mol. The molecule has 0 aliphatic carbocycles. The minimum Gasteiger partial charge on any atom is -0.366 e. The topological polar surface area (TPSA) is 43.1 Å². The molecule has 0 rings (SSSR count). The van der Waals surface area contributed by atoms with E-state index in [0.29, 0.717) is 0 Å². The van der Waals surface area contributed by atoms with Crippen molar-refractivity contribution in [3.63, 3.8) is 0 Å². The number of primary amides is 1. The second kappa shape index (κ2) is 7.60. The third kappa shape index (κ3) is 5.05. The largest absolute Gasteiger partial charge is 0.366 e. The van der Waals surface area contributed by atoms with Gasteiger partial charge < -0.3 is 5.73 Å². The second-order valence-electron chi connectivity index (χ2n) is 3.76. The van der Waals surface area contributed by atoms with Gasteiger partial charge in [-0.15, -0.1) is 0 Å². The number of hydrogen-bond acceptors (Lipinski definition) is 1. The summed E-state index contributed by atoms with van der Waals surface area (Å²) in [5.74, 6) is -0.266. The molecule has 0 saturated carbocycles. The first-order chi connectivity index (χ1) is 6.63. The molecule has 1 amide bonds. The van der Waals surface area contributed by atoms with Gasteiger partial charge in [0.25, 0.3) is 0 Å². The van der Waals surface area contributed by atoms with Crippen molar-refractivity contribution in [2.45, 2.75) is 59.3 Å². The Hall–Kier alpha value is -0.790. The number of rotatable bonds is 7. The molecule has 0 bridgehead atoms. The Morgan fingerprint density at radius 2 is 1.79 bits per heavy atom. The fraction of sp³-hybridized carbons (Fsp3) is 0.750. The summed E-state index contributed by atoms with van der Waals surface area (Å²) in [6, 6.07) is 0. The van der Waals surface area contributed by atoms with Crippen LogP contribution in [0.15, 0.2) is 11.1 Å². The Kier molecular flexibility index (Phi) is 7.17. The summed E-state index contributed by atoms with van der Waals surface area (Å²) in [5, 5.41) is 0. The standard InChI is InChI=1S/C12H23NO/c1-4-6-7-8-9-11(5-2)10(3)12(13)14/h4-9H2,1-3H3,(H2,13,14)/b11-10-. The van der Waals surface area contributed by atoms with Crippen molar-refractivity contribution >= 4 is 5.91 Å².